The second kappa shape index (κ2) is 9.73. The summed E-state index contributed by atoms with van der Waals surface area (Å²) in [6.45, 7) is 12.6. The molecule has 1 fully saturated rings. The molecule has 1 rings (SSSR count). The highest BCUT2D eigenvalue weighted by molar-refractivity contribution is 4.76. The van der Waals surface area contributed by atoms with Crippen LogP contribution in [0.4, 0.5) is 0 Å². The van der Waals surface area contributed by atoms with E-state index in [1.807, 2.05) is 6.92 Å². The molecule has 0 radical (unpaired) electrons. The third kappa shape index (κ3) is 7.28. The first kappa shape index (κ1) is 16.9. The van der Waals surface area contributed by atoms with Crippen molar-refractivity contribution in [3.8, 4) is 0 Å². The van der Waals surface area contributed by atoms with Crippen molar-refractivity contribution in [1.82, 2.24) is 5.32 Å². The quantitative estimate of drug-likeness (QED) is 0.653. The minimum Gasteiger partial charge on any atom is -0.382 e. The molecule has 0 amide bonds. The Hall–Kier alpha value is -0.120. The maximum Gasteiger partial charge on any atom is 0.0675 e. The van der Waals surface area contributed by atoms with Crippen molar-refractivity contribution in [2.75, 3.05) is 26.3 Å². The van der Waals surface area contributed by atoms with E-state index in [-0.39, 0.29) is 0 Å². The van der Waals surface area contributed by atoms with Crippen LogP contribution in [0.2, 0.25) is 0 Å². The lowest BCUT2D eigenvalue weighted by Gasteiger charge is -2.33. The molecule has 1 aliphatic rings. The van der Waals surface area contributed by atoms with Crippen molar-refractivity contribution in [1.29, 1.82) is 0 Å². The topological polar surface area (TPSA) is 30.5 Å². The van der Waals surface area contributed by atoms with Crippen molar-refractivity contribution < 1.29 is 9.47 Å². The molecular weight excluding hydrogens is 238 g/mol. The molecule has 3 heteroatoms. The molecular formula is C16H33NO2. The van der Waals surface area contributed by atoms with E-state index in [1.165, 1.54) is 19.3 Å². The average molecular weight is 271 g/mol. The van der Waals surface area contributed by atoms with Crippen LogP contribution in [0.5, 0.6) is 0 Å². The Balaban J connectivity index is 2.02. The molecule has 1 aliphatic carbocycles. The highest BCUT2D eigenvalue weighted by atomic mass is 16.5. The molecule has 3 nitrogen and oxygen atoms in total. The van der Waals surface area contributed by atoms with Gasteiger partial charge in [-0.05, 0) is 57.9 Å². The van der Waals surface area contributed by atoms with Gasteiger partial charge in [-0.3, -0.25) is 0 Å². The number of ether oxygens (including phenoxy) is 2. The first-order chi connectivity index (χ1) is 9.13. The molecule has 4 atom stereocenters. The largest absolute Gasteiger partial charge is 0.382 e. The van der Waals surface area contributed by atoms with E-state index < -0.39 is 0 Å². The predicted octanol–water partition coefficient (Wildman–Crippen LogP) is 3.23. The molecule has 19 heavy (non-hydrogen) atoms. The first-order valence-corrected chi connectivity index (χ1v) is 8.07. The summed E-state index contributed by atoms with van der Waals surface area (Å²) < 4.78 is 11.5. The molecule has 0 aromatic rings. The minimum absolute atomic E-state index is 0.317. The molecule has 0 aliphatic heterocycles. The van der Waals surface area contributed by atoms with Crippen molar-refractivity contribution >= 4 is 0 Å². The molecule has 0 aromatic heterocycles. The summed E-state index contributed by atoms with van der Waals surface area (Å²) in [6.07, 6.45) is 5.67. The summed E-state index contributed by atoms with van der Waals surface area (Å²) in [5.41, 5.74) is 0. The summed E-state index contributed by atoms with van der Waals surface area (Å²) in [6, 6.07) is 0. The number of hydrogen-bond donors (Lipinski definition) is 1. The molecule has 0 heterocycles. The van der Waals surface area contributed by atoms with Crippen LogP contribution in [0.3, 0.4) is 0 Å². The summed E-state index contributed by atoms with van der Waals surface area (Å²) in [5, 5.41) is 3.45. The average Bonchev–Trinajstić information content (AvgIpc) is 2.38. The van der Waals surface area contributed by atoms with Crippen LogP contribution in [0, 0.1) is 11.8 Å². The lowest BCUT2D eigenvalue weighted by Crippen LogP contribution is -2.34. The van der Waals surface area contributed by atoms with Gasteiger partial charge in [-0.1, -0.05) is 13.8 Å². The summed E-state index contributed by atoms with van der Waals surface area (Å²) in [4.78, 5) is 0. The third-order valence-electron chi connectivity index (χ3n) is 4.25. The van der Waals surface area contributed by atoms with Gasteiger partial charge in [0.15, 0.2) is 0 Å². The van der Waals surface area contributed by atoms with E-state index in [0.29, 0.717) is 12.2 Å². The minimum atomic E-state index is 0.317. The van der Waals surface area contributed by atoms with Crippen molar-refractivity contribution in [2.45, 2.75) is 65.6 Å². The Kier molecular flexibility index (Phi) is 8.67. The van der Waals surface area contributed by atoms with Gasteiger partial charge < -0.3 is 14.8 Å². The van der Waals surface area contributed by atoms with Gasteiger partial charge >= 0.3 is 0 Å². The zero-order valence-electron chi connectivity index (χ0n) is 13.3. The third-order valence-corrected chi connectivity index (χ3v) is 4.25. The van der Waals surface area contributed by atoms with E-state index in [4.69, 9.17) is 9.47 Å². The summed E-state index contributed by atoms with van der Waals surface area (Å²) in [7, 11) is 0. The fraction of sp³-hybridized carbons (Fsp3) is 1.00. The predicted molar refractivity (Wildman–Crippen MR) is 80.5 cm³/mol. The van der Waals surface area contributed by atoms with Gasteiger partial charge in [-0.25, -0.2) is 0 Å². The molecule has 0 saturated heterocycles. The van der Waals surface area contributed by atoms with Gasteiger partial charge in [-0.15, -0.1) is 0 Å². The van der Waals surface area contributed by atoms with E-state index in [2.05, 4.69) is 26.1 Å². The summed E-state index contributed by atoms with van der Waals surface area (Å²) >= 11 is 0. The molecule has 0 spiro atoms. The zero-order valence-corrected chi connectivity index (χ0v) is 13.3. The second-order valence-electron chi connectivity index (χ2n) is 6.09. The van der Waals surface area contributed by atoms with E-state index in [0.717, 1.165) is 44.6 Å². The molecule has 1 saturated carbocycles. The highest BCUT2D eigenvalue weighted by Gasteiger charge is 2.25. The van der Waals surface area contributed by atoms with Crippen molar-refractivity contribution in [3.05, 3.63) is 0 Å². The number of rotatable bonds is 9. The smallest absolute Gasteiger partial charge is 0.0675 e. The van der Waals surface area contributed by atoms with Gasteiger partial charge in [0.2, 0.25) is 0 Å². The van der Waals surface area contributed by atoms with Crippen LogP contribution in [-0.4, -0.2) is 38.5 Å². The second-order valence-corrected chi connectivity index (χ2v) is 6.09. The Morgan fingerprint density at radius 1 is 1.21 bits per heavy atom. The first-order valence-electron chi connectivity index (χ1n) is 8.07. The van der Waals surface area contributed by atoms with Gasteiger partial charge in [0.1, 0.15) is 0 Å². The molecule has 0 aromatic carbocycles. The monoisotopic (exact) mass is 271 g/mol. The SMILES string of the molecule is CCOCCCNCC(C)OC1CCC(C)C(C)C1. The van der Waals surface area contributed by atoms with Crippen LogP contribution >= 0.6 is 0 Å². The lowest BCUT2D eigenvalue weighted by atomic mass is 9.80. The van der Waals surface area contributed by atoms with Crippen molar-refractivity contribution in [3.63, 3.8) is 0 Å². The molecule has 114 valence electrons. The lowest BCUT2D eigenvalue weighted by molar-refractivity contribution is -0.0384. The van der Waals surface area contributed by atoms with Gasteiger partial charge in [0.05, 0.1) is 12.2 Å². The van der Waals surface area contributed by atoms with E-state index in [1.54, 1.807) is 0 Å². The molecule has 0 bridgehead atoms. The maximum atomic E-state index is 6.14. The maximum absolute atomic E-state index is 6.14. The van der Waals surface area contributed by atoms with Crippen LogP contribution in [0.25, 0.3) is 0 Å². The van der Waals surface area contributed by atoms with Crippen LogP contribution < -0.4 is 5.32 Å². The number of nitrogens with one attached hydrogen (secondary N) is 1. The standard InChI is InChI=1S/C16H33NO2/c1-5-18-10-6-9-17-12-15(4)19-16-8-7-13(2)14(3)11-16/h13-17H,5-12H2,1-4H3. The van der Waals surface area contributed by atoms with Crippen LogP contribution in [0.1, 0.15) is 53.4 Å². The Morgan fingerprint density at radius 3 is 2.68 bits per heavy atom. The van der Waals surface area contributed by atoms with Gasteiger partial charge in [0, 0.05) is 19.8 Å². The highest BCUT2D eigenvalue weighted by Crippen LogP contribution is 2.31. The van der Waals surface area contributed by atoms with E-state index in [9.17, 15) is 0 Å². The fourth-order valence-electron chi connectivity index (χ4n) is 2.75. The van der Waals surface area contributed by atoms with Gasteiger partial charge in [0.25, 0.3) is 0 Å². The molecule has 1 N–H and O–H groups in total. The number of hydrogen-bond acceptors (Lipinski definition) is 3. The Bertz CT molecular complexity index is 223. The molecule has 4 unspecified atom stereocenters. The van der Waals surface area contributed by atoms with Crippen LogP contribution in [-0.2, 0) is 9.47 Å². The Labute approximate surface area is 119 Å². The zero-order chi connectivity index (χ0) is 14.1. The van der Waals surface area contributed by atoms with E-state index >= 15 is 0 Å². The van der Waals surface area contributed by atoms with Gasteiger partial charge in [-0.2, -0.15) is 0 Å². The van der Waals surface area contributed by atoms with Crippen molar-refractivity contribution in [2.24, 2.45) is 11.8 Å². The normalized spacial score (nSPS) is 29.4. The summed E-state index contributed by atoms with van der Waals surface area (Å²) in [5.74, 6) is 1.68. The fourth-order valence-corrected chi connectivity index (χ4v) is 2.75. The van der Waals surface area contributed by atoms with Crippen LogP contribution in [0.15, 0.2) is 0 Å². The Morgan fingerprint density at radius 2 is 2.00 bits per heavy atom.